The van der Waals surface area contributed by atoms with E-state index in [2.05, 4.69) is 62.3 Å². The molecule has 206 valence electrons. The molecule has 38 heavy (non-hydrogen) atoms. The van der Waals surface area contributed by atoms with Crippen LogP contribution in [-0.4, -0.2) is 0 Å². The molecule has 0 spiro atoms. The van der Waals surface area contributed by atoms with Gasteiger partial charge in [-0.05, 0) is 69.3 Å². The number of benzene rings is 3. The Kier molecular flexibility index (Phi) is 9.00. The third-order valence-corrected chi connectivity index (χ3v) is 6.61. The van der Waals surface area contributed by atoms with Crippen molar-refractivity contribution in [1.82, 2.24) is 0 Å². The molecule has 0 aliphatic carbocycles. The molecule has 8 heteroatoms. The van der Waals surface area contributed by atoms with Gasteiger partial charge in [0, 0.05) is 0 Å². The van der Waals surface area contributed by atoms with Crippen LogP contribution in [0.5, 0.6) is 17.2 Å². The lowest BCUT2D eigenvalue weighted by Crippen LogP contribution is -2.11. The lowest BCUT2D eigenvalue weighted by molar-refractivity contribution is -0.237. The highest BCUT2D eigenvalue weighted by Crippen LogP contribution is 2.50. The average molecular weight is 543 g/mol. The monoisotopic (exact) mass is 542 g/mol. The van der Waals surface area contributed by atoms with Gasteiger partial charge in [-0.2, -0.15) is 0 Å². The molecule has 0 aliphatic rings. The van der Waals surface area contributed by atoms with Gasteiger partial charge in [-0.15, -0.1) is 0 Å². The van der Waals surface area contributed by atoms with E-state index in [0.29, 0.717) is 17.2 Å². The first-order chi connectivity index (χ1) is 17.6. The first kappa shape index (κ1) is 29.7. The predicted molar refractivity (Wildman–Crippen MR) is 148 cm³/mol. The van der Waals surface area contributed by atoms with Crippen LogP contribution >= 0.6 is 7.82 Å². The summed E-state index contributed by atoms with van der Waals surface area (Å²) in [6.07, 6.45) is 0. The highest BCUT2D eigenvalue weighted by Gasteiger charge is 2.36. The maximum atomic E-state index is 13.4. The number of rotatable bonds is 9. The van der Waals surface area contributed by atoms with Gasteiger partial charge in [0.15, 0.2) is 17.2 Å². The molecule has 0 fully saturated rings. The molecule has 0 atom stereocenters. The second-order valence-corrected chi connectivity index (χ2v) is 13.6. The number of hydrogen-bond acceptors (Lipinski definition) is 7. The van der Waals surface area contributed by atoms with Crippen LogP contribution in [0.3, 0.4) is 0 Å². The van der Waals surface area contributed by atoms with E-state index < -0.39 is 7.82 Å². The van der Waals surface area contributed by atoms with E-state index in [4.69, 9.17) is 28.7 Å². The minimum absolute atomic E-state index is 0.0341. The maximum Gasteiger partial charge on any atom is 0.583 e. The highest BCUT2D eigenvalue weighted by atomic mass is 31.2. The van der Waals surface area contributed by atoms with Crippen molar-refractivity contribution in [3.63, 3.8) is 0 Å². The summed E-state index contributed by atoms with van der Waals surface area (Å²) in [5.41, 5.74) is 3.20. The molecule has 0 aliphatic heterocycles. The van der Waals surface area contributed by atoms with Crippen LogP contribution in [0.4, 0.5) is 0 Å². The summed E-state index contributed by atoms with van der Waals surface area (Å²) in [6, 6.07) is 21.6. The lowest BCUT2D eigenvalue weighted by Gasteiger charge is -2.20. The molecule has 0 N–H and O–H groups in total. The lowest BCUT2D eigenvalue weighted by atomic mass is 9.87. The van der Waals surface area contributed by atoms with Gasteiger partial charge in [-0.25, -0.2) is 4.57 Å². The van der Waals surface area contributed by atoms with Crippen LogP contribution in [0.2, 0.25) is 0 Å². The zero-order valence-electron chi connectivity index (χ0n) is 23.7. The fourth-order valence-corrected chi connectivity index (χ4v) is 3.94. The Hall–Kier alpha value is -2.83. The molecule has 0 aromatic heterocycles. The van der Waals surface area contributed by atoms with Crippen LogP contribution in [-0.2, 0) is 34.8 Å². The van der Waals surface area contributed by atoms with E-state index in [1.807, 2.05) is 36.4 Å². The van der Waals surface area contributed by atoms with E-state index in [1.54, 1.807) is 36.4 Å². The Labute approximate surface area is 226 Å². The third kappa shape index (κ3) is 8.60. The normalized spacial score (nSPS) is 12.8. The summed E-state index contributed by atoms with van der Waals surface area (Å²) in [6.45, 7) is 18.9. The summed E-state index contributed by atoms with van der Waals surface area (Å²) in [5.74, 6) is 0.901. The van der Waals surface area contributed by atoms with Gasteiger partial charge in [0.05, 0.1) is 0 Å². The maximum absolute atomic E-state index is 13.4. The molecular weight excluding hydrogens is 503 g/mol. The summed E-state index contributed by atoms with van der Waals surface area (Å²) >= 11 is 0. The van der Waals surface area contributed by atoms with E-state index in [0.717, 1.165) is 16.7 Å². The molecule has 0 bridgehead atoms. The van der Waals surface area contributed by atoms with Crippen molar-refractivity contribution in [3.8, 4) is 17.2 Å². The molecular formula is C30H39O7P. The van der Waals surface area contributed by atoms with Gasteiger partial charge >= 0.3 is 7.82 Å². The quantitative estimate of drug-likeness (QED) is 0.152. The highest BCUT2D eigenvalue weighted by molar-refractivity contribution is 7.48. The Balaban J connectivity index is 1.72. The van der Waals surface area contributed by atoms with Crippen LogP contribution in [0.1, 0.15) is 79.0 Å². The zero-order chi connectivity index (χ0) is 28.2. The SMILES string of the molecule is CC(C)(C)c1ccc(OOP(=O)(OOc2ccc(C(C)(C)C)cc2)OOc2ccc(C(C)(C)C)cc2)cc1. The van der Waals surface area contributed by atoms with Crippen molar-refractivity contribution >= 4 is 7.82 Å². The van der Waals surface area contributed by atoms with Crippen molar-refractivity contribution in [3.05, 3.63) is 89.5 Å². The van der Waals surface area contributed by atoms with Crippen LogP contribution in [0.25, 0.3) is 0 Å². The third-order valence-electron chi connectivity index (χ3n) is 5.84. The molecule has 3 rings (SSSR count). The number of phosphoric acid groups is 1. The molecule has 0 saturated carbocycles. The summed E-state index contributed by atoms with van der Waals surface area (Å²) in [7, 11) is -4.52. The van der Waals surface area contributed by atoms with Gasteiger partial charge in [0.2, 0.25) is 0 Å². The fraction of sp³-hybridized carbons (Fsp3) is 0.400. The fourth-order valence-electron chi connectivity index (χ4n) is 3.33. The van der Waals surface area contributed by atoms with Crippen LogP contribution in [0.15, 0.2) is 72.8 Å². The number of hydrogen-bond donors (Lipinski definition) is 0. The van der Waals surface area contributed by atoms with Crippen molar-refractivity contribution in [2.24, 2.45) is 0 Å². The summed E-state index contributed by atoms with van der Waals surface area (Å²) in [4.78, 5) is 15.8. The predicted octanol–water partition coefficient (Wildman–Crippen LogP) is 9.02. The first-order valence-corrected chi connectivity index (χ1v) is 14.0. The summed E-state index contributed by atoms with van der Waals surface area (Å²) < 4.78 is 28.7. The summed E-state index contributed by atoms with van der Waals surface area (Å²) in [5, 5.41) is 0. The van der Waals surface area contributed by atoms with E-state index in [1.165, 1.54) is 0 Å². The van der Waals surface area contributed by atoms with Gasteiger partial charge in [0.25, 0.3) is 0 Å². The minimum Gasteiger partial charge on any atom is -0.327 e. The van der Waals surface area contributed by atoms with Crippen molar-refractivity contribution in [2.45, 2.75) is 78.6 Å². The largest absolute Gasteiger partial charge is 0.583 e. The van der Waals surface area contributed by atoms with Crippen molar-refractivity contribution < 1.29 is 33.3 Å². The first-order valence-electron chi connectivity index (χ1n) is 12.6. The Bertz CT molecular complexity index is 1060. The molecule has 3 aromatic carbocycles. The van der Waals surface area contributed by atoms with Gasteiger partial charge in [-0.3, -0.25) is 0 Å². The van der Waals surface area contributed by atoms with Crippen LogP contribution in [0, 0.1) is 0 Å². The second-order valence-electron chi connectivity index (χ2n) is 12.2. The molecule has 0 saturated heterocycles. The minimum atomic E-state index is -4.52. The Morgan fingerprint density at radius 2 is 0.632 bits per heavy atom. The molecule has 0 amide bonds. The molecule has 0 radical (unpaired) electrons. The van der Waals surface area contributed by atoms with Gasteiger partial charge < -0.3 is 14.7 Å². The molecule has 3 aromatic rings. The Morgan fingerprint density at radius 3 is 0.816 bits per heavy atom. The topological polar surface area (TPSA) is 72.5 Å². The van der Waals surface area contributed by atoms with Crippen molar-refractivity contribution in [1.29, 1.82) is 0 Å². The Morgan fingerprint density at radius 1 is 0.421 bits per heavy atom. The molecule has 0 unspecified atom stereocenters. The average Bonchev–Trinajstić information content (AvgIpc) is 2.84. The standard InChI is InChI=1S/C30H39O7P/c1-28(2,3)22-10-16-25(17-11-22)32-35-38(31,36-33-26-18-12-23(13-19-26)29(4,5)6)37-34-27-20-14-24(15-21-27)30(7,8)9/h10-21H,1-9H3. The van der Waals surface area contributed by atoms with E-state index in [9.17, 15) is 4.57 Å². The van der Waals surface area contributed by atoms with Gasteiger partial charge in [-0.1, -0.05) is 113 Å². The van der Waals surface area contributed by atoms with Crippen molar-refractivity contribution in [2.75, 3.05) is 0 Å². The zero-order valence-corrected chi connectivity index (χ0v) is 24.6. The molecule has 0 heterocycles. The van der Waals surface area contributed by atoms with E-state index >= 15 is 0 Å². The smallest absolute Gasteiger partial charge is 0.327 e. The molecule has 7 nitrogen and oxygen atoms in total. The van der Waals surface area contributed by atoms with Crippen LogP contribution < -0.4 is 14.7 Å². The van der Waals surface area contributed by atoms with E-state index in [-0.39, 0.29) is 16.2 Å². The van der Waals surface area contributed by atoms with Gasteiger partial charge in [0.1, 0.15) is 0 Å². The second kappa shape index (κ2) is 11.5.